The number of esters is 2. The molecule has 0 radical (unpaired) electrons. The van der Waals surface area contributed by atoms with Gasteiger partial charge < -0.3 is 9.47 Å². The first-order valence-corrected chi connectivity index (χ1v) is 8.49. The van der Waals surface area contributed by atoms with Gasteiger partial charge in [-0.25, -0.2) is 0 Å². The Labute approximate surface area is 139 Å². The Bertz CT molecular complexity index is 508. The van der Waals surface area contributed by atoms with Crippen molar-refractivity contribution in [2.24, 2.45) is 0 Å². The number of ether oxygens (including phenoxy) is 2. The van der Waals surface area contributed by atoms with Crippen LogP contribution in [0.25, 0.3) is 0 Å². The van der Waals surface area contributed by atoms with Gasteiger partial charge in [-0.05, 0) is 32.8 Å². The number of unbranched alkanes of at least 4 members (excludes halogenated alkanes) is 1. The molecule has 0 spiro atoms. The van der Waals surface area contributed by atoms with Crippen LogP contribution in [0.4, 0.5) is 0 Å². The van der Waals surface area contributed by atoms with E-state index in [1.165, 1.54) is 0 Å². The van der Waals surface area contributed by atoms with Gasteiger partial charge in [0.2, 0.25) is 0 Å². The first kappa shape index (κ1) is 19.2. The van der Waals surface area contributed by atoms with Crippen LogP contribution in [0.5, 0.6) is 5.75 Å². The van der Waals surface area contributed by atoms with Crippen LogP contribution in [-0.2, 0) is 14.3 Å². The van der Waals surface area contributed by atoms with Crippen molar-refractivity contribution in [3.63, 3.8) is 0 Å². The fourth-order valence-corrected chi connectivity index (χ4v) is 2.36. The Morgan fingerprint density at radius 2 is 1.78 bits per heavy atom. The Hall–Kier alpha value is -1.84. The smallest absolute Gasteiger partial charge is 0.313 e. The number of hydrogen-bond donors (Lipinski definition) is 0. The second-order valence-corrected chi connectivity index (χ2v) is 5.94. The lowest BCUT2D eigenvalue weighted by Gasteiger charge is -2.20. The molecule has 1 atom stereocenters. The third kappa shape index (κ3) is 6.43. The summed E-state index contributed by atoms with van der Waals surface area (Å²) in [4.78, 5) is 24.3. The summed E-state index contributed by atoms with van der Waals surface area (Å²) in [6.45, 7) is 7.68. The molecular formula is C19H28O4. The molecule has 0 aromatic heterocycles. The molecule has 0 saturated heterocycles. The molecule has 128 valence electrons. The highest BCUT2D eigenvalue weighted by Gasteiger charge is 2.26. The molecule has 0 fully saturated rings. The van der Waals surface area contributed by atoms with Gasteiger partial charge >= 0.3 is 11.9 Å². The molecule has 0 saturated carbocycles. The highest BCUT2D eigenvalue weighted by molar-refractivity contribution is 5.80. The average molecular weight is 320 g/mol. The van der Waals surface area contributed by atoms with Crippen molar-refractivity contribution in [3.8, 4) is 5.75 Å². The summed E-state index contributed by atoms with van der Waals surface area (Å²) in [6.07, 6.45) is 3.52. The van der Waals surface area contributed by atoms with Gasteiger partial charge in [-0.3, -0.25) is 9.59 Å². The van der Waals surface area contributed by atoms with Gasteiger partial charge in [0, 0.05) is 12.0 Å². The van der Waals surface area contributed by atoms with Gasteiger partial charge in [0.05, 0.1) is 12.0 Å². The monoisotopic (exact) mass is 320 g/mol. The first-order chi connectivity index (χ1) is 11.0. The lowest BCUT2D eigenvalue weighted by Crippen LogP contribution is -2.21. The summed E-state index contributed by atoms with van der Waals surface area (Å²) in [7, 11) is 0. The topological polar surface area (TPSA) is 52.6 Å². The highest BCUT2D eigenvalue weighted by atomic mass is 16.5. The Morgan fingerprint density at radius 1 is 1.09 bits per heavy atom. The van der Waals surface area contributed by atoms with Crippen LogP contribution in [0.2, 0.25) is 0 Å². The van der Waals surface area contributed by atoms with Gasteiger partial charge in [0.1, 0.15) is 5.75 Å². The molecule has 0 aliphatic heterocycles. The molecule has 23 heavy (non-hydrogen) atoms. The van der Waals surface area contributed by atoms with E-state index in [0.717, 1.165) is 24.8 Å². The van der Waals surface area contributed by atoms with E-state index >= 15 is 0 Å². The van der Waals surface area contributed by atoms with E-state index in [-0.39, 0.29) is 18.0 Å². The maximum atomic E-state index is 12.5. The van der Waals surface area contributed by atoms with Crippen molar-refractivity contribution < 1.29 is 19.1 Å². The van der Waals surface area contributed by atoms with Crippen molar-refractivity contribution >= 4 is 11.9 Å². The average Bonchev–Trinajstić information content (AvgIpc) is 2.48. The maximum absolute atomic E-state index is 12.5. The number of para-hydroxylation sites is 1. The van der Waals surface area contributed by atoms with Crippen molar-refractivity contribution in [3.05, 3.63) is 29.8 Å². The Balaban J connectivity index is 3.04. The molecule has 0 aliphatic carbocycles. The van der Waals surface area contributed by atoms with E-state index in [1.54, 1.807) is 6.07 Å². The van der Waals surface area contributed by atoms with Crippen LogP contribution in [0.1, 0.15) is 71.3 Å². The van der Waals surface area contributed by atoms with Crippen LogP contribution in [0.15, 0.2) is 24.3 Å². The predicted molar refractivity (Wildman–Crippen MR) is 90.5 cm³/mol. The molecule has 0 amide bonds. The molecule has 0 heterocycles. The minimum atomic E-state index is -0.400. The lowest BCUT2D eigenvalue weighted by molar-refractivity contribution is -0.149. The van der Waals surface area contributed by atoms with Crippen molar-refractivity contribution in [2.45, 2.75) is 71.8 Å². The van der Waals surface area contributed by atoms with Gasteiger partial charge in [0.15, 0.2) is 0 Å². The van der Waals surface area contributed by atoms with Gasteiger partial charge in [-0.1, -0.05) is 44.9 Å². The standard InChI is InChI=1S/C19H28O4/c1-5-7-11-16(19(21)22-14(3)4)15-12-8-9-13-17(15)23-18(20)10-6-2/h8-9,12-14,16H,5-7,10-11H2,1-4H3. The summed E-state index contributed by atoms with van der Waals surface area (Å²) < 4.78 is 10.8. The minimum Gasteiger partial charge on any atom is -0.463 e. The fourth-order valence-electron chi connectivity index (χ4n) is 2.36. The molecular weight excluding hydrogens is 292 g/mol. The van der Waals surface area contributed by atoms with Crippen molar-refractivity contribution in [2.75, 3.05) is 0 Å². The summed E-state index contributed by atoms with van der Waals surface area (Å²) in [5.74, 6) is -0.463. The van der Waals surface area contributed by atoms with E-state index in [2.05, 4.69) is 6.92 Å². The van der Waals surface area contributed by atoms with Crippen molar-refractivity contribution in [1.29, 1.82) is 0 Å². The molecule has 1 aromatic rings. The maximum Gasteiger partial charge on any atom is 0.313 e. The molecule has 1 unspecified atom stereocenters. The summed E-state index contributed by atoms with van der Waals surface area (Å²) >= 11 is 0. The van der Waals surface area contributed by atoms with Crippen LogP contribution in [0, 0.1) is 0 Å². The molecule has 4 heteroatoms. The molecule has 0 aliphatic rings. The molecule has 4 nitrogen and oxygen atoms in total. The highest BCUT2D eigenvalue weighted by Crippen LogP contribution is 2.32. The van der Waals surface area contributed by atoms with Crippen LogP contribution >= 0.6 is 0 Å². The number of carbonyl (C=O) groups is 2. The Kier molecular flexibility index (Phi) is 8.38. The summed E-state index contributed by atoms with van der Waals surface area (Å²) in [5, 5.41) is 0. The number of carbonyl (C=O) groups excluding carboxylic acids is 2. The zero-order chi connectivity index (χ0) is 17.2. The fraction of sp³-hybridized carbons (Fsp3) is 0.579. The SMILES string of the molecule is CCCCC(C(=O)OC(C)C)c1ccccc1OC(=O)CCC. The zero-order valence-corrected chi connectivity index (χ0v) is 14.6. The summed E-state index contributed by atoms with van der Waals surface area (Å²) in [5.41, 5.74) is 0.732. The van der Waals surface area contributed by atoms with Crippen LogP contribution < -0.4 is 4.74 Å². The zero-order valence-electron chi connectivity index (χ0n) is 14.6. The van der Waals surface area contributed by atoms with Crippen LogP contribution in [-0.4, -0.2) is 18.0 Å². The first-order valence-electron chi connectivity index (χ1n) is 8.49. The minimum absolute atomic E-state index is 0.165. The quantitative estimate of drug-likeness (QED) is 0.492. The van der Waals surface area contributed by atoms with E-state index in [9.17, 15) is 9.59 Å². The third-order valence-electron chi connectivity index (χ3n) is 3.46. The van der Waals surface area contributed by atoms with Gasteiger partial charge in [0.25, 0.3) is 0 Å². The second kappa shape index (κ2) is 10.0. The number of rotatable bonds is 9. The predicted octanol–water partition coefficient (Wildman–Crippen LogP) is 4.62. The number of hydrogen-bond acceptors (Lipinski definition) is 4. The van der Waals surface area contributed by atoms with E-state index in [4.69, 9.17) is 9.47 Å². The largest absolute Gasteiger partial charge is 0.463 e. The van der Waals surface area contributed by atoms with Crippen molar-refractivity contribution in [1.82, 2.24) is 0 Å². The third-order valence-corrected chi connectivity index (χ3v) is 3.46. The normalized spacial score (nSPS) is 12.0. The van der Waals surface area contributed by atoms with Gasteiger partial charge in [-0.2, -0.15) is 0 Å². The Morgan fingerprint density at radius 3 is 2.39 bits per heavy atom. The summed E-state index contributed by atoms with van der Waals surface area (Å²) in [6, 6.07) is 7.25. The van der Waals surface area contributed by atoms with E-state index < -0.39 is 5.92 Å². The lowest BCUT2D eigenvalue weighted by atomic mass is 9.93. The molecule has 1 aromatic carbocycles. The second-order valence-electron chi connectivity index (χ2n) is 5.94. The van der Waals surface area contributed by atoms with E-state index in [0.29, 0.717) is 18.6 Å². The molecule has 0 N–H and O–H groups in total. The van der Waals surface area contributed by atoms with E-state index in [1.807, 2.05) is 39.0 Å². The molecule has 0 bridgehead atoms. The van der Waals surface area contributed by atoms with Gasteiger partial charge in [-0.15, -0.1) is 0 Å². The van der Waals surface area contributed by atoms with Crippen LogP contribution in [0.3, 0.4) is 0 Å². The number of benzene rings is 1. The molecule has 1 rings (SSSR count).